The Balaban J connectivity index is 1.78. The van der Waals surface area contributed by atoms with Gasteiger partial charge >= 0.3 is 5.97 Å². The van der Waals surface area contributed by atoms with Crippen molar-refractivity contribution in [2.75, 3.05) is 18.5 Å². The lowest BCUT2D eigenvalue weighted by atomic mass is 9.72. The minimum Gasteiger partial charge on any atom is -0.484 e. The molecule has 0 bridgehead atoms. The Hall–Kier alpha value is -2.34. The third-order valence-electron chi connectivity index (χ3n) is 5.58. The van der Waals surface area contributed by atoms with Crippen LogP contribution in [0.25, 0.3) is 0 Å². The van der Waals surface area contributed by atoms with Crippen molar-refractivity contribution in [3.8, 4) is 5.75 Å². The Morgan fingerprint density at radius 1 is 1.27 bits per heavy atom. The smallest absolute Gasteiger partial charge is 0.341 e. The van der Waals surface area contributed by atoms with E-state index in [9.17, 15) is 9.59 Å². The molecule has 6 heteroatoms. The molecule has 0 fully saturated rings. The first kappa shape index (κ1) is 22.3. The lowest BCUT2D eigenvalue weighted by Gasteiger charge is -2.33. The Bertz CT molecular complexity index is 926. The van der Waals surface area contributed by atoms with Crippen molar-refractivity contribution in [3.63, 3.8) is 0 Å². The zero-order valence-electron chi connectivity index (χ0n) is 18.5. The van der Waals surface area contributed by atoms with Gasteiger partial charge in [-0.25, -0.2) is 4.79 Å². The highest BCUT2D eigenvalue weighted by molar-refractivity contribution is 7.17. The first-order valence-electron chi connectivity index (χ1n) is 10.5. The van der Waals surface area contributed by atoms with Crippen LogP contribution in [0.3, 0.4) is 0 Å². The van der Waals surface area contributed by atoms with Crippen molar-refractivity contribution in [3.05, 3.63) is 45.8 Å². The molecule has 0 spiro atoms. The summed E-state index contributed by atoms with van der Waals surface area (Å²) in [6, 6.07) is 7.56. The molecule has 1 unspecified atom stereocenters. The molecule has 1 heterocycles. The van der Waals surface area contributed by atoms with Crippen molar-refractivity contribution < 1.29 is 19.1 Å². The number of aryl methyl sites for hydroxylation is 1. The molecule has 162 valence electrons. The lowest BCUT2D eigenvalue weighted by Crippen LogP contribution is -2.26. The molecular weight excluding hydrogens is 398 g/mol. The average molecular weight is 430 g/mol. The minimum atomic E-state index is -0.362. The van der Waals surface area contributed by atoms with Crippen LogP contribution in [0.15, 0.2) is 24.3 Å². The van der Waals surface area contributed by atoms with Crippen molar-refractivity contribution >= 4 is 28.2 Å². The van der Waals surface area contributed by atoms with Crippen molar-refractivity contribution in [2.45, 2.75) is 53.9 Å². The predicted octanol–water partition coefficient (Wildman–Crippen LogP) is 5.40. The van der Waals surface area contributed by atoms with Gasteiger partial charge in [0.1, 0.15) is 10.8 Å². The Morgan fingerprint density at radius 2 is 2.03 bits per heavy atom. The van der Waals surface area contributed by atoms with Gasteiger partial charge in [-0.2, -0.15) is 0 Å². The first-order valence-corrected chi connectivity index (χ1v) is 11.3. The van der Waals surface area contributed by atoms with Gasteiger partial charge in [0, 0.05) is 4.88 Å². The standard InChI is InChI=1S/C24H31NO4S/c1-6-28-23(27)21-18-11-10-16(24(3,4)5)13-19(18)30-22(21)25-20(26)14-29-17-9-7-8-15(2)12-17/h7-9,12,16H,6,10-11,13-14H2,1-5H3,(H,25,26). The van der Waals surface area contributed by atoms with E-state index < -0.39 is 0 Å². The number of fused-ring (bicyclic) bond motifs is 1. The Labute approximate surface area is 182 Å². The van der Waals surface area contributed by atoms with Crippen LogP contribution in [-0.4, -0.2) is 25.1 Å². The van der Waals surface area contributed by atoms with Crippen molar-refractivity contribution in [1.82, 2.24) is 0 Å². The van der Waals surface area contributed by atoms with Gasteiger partial charge in [-0.1, -0.05) is 32.9 Å². The summed E-state index contributed by atoms with van der Waals surface area (Å²) < 4.78 is 10.9. The SMILES string of the molecule is CCOC(=O)c1c(NC(=O)COc2cccc(C)c2)sc2c1CCC(C(C)(C)C)C2. The number of carbonyl (C=O) groups is 2. The summed E-state index contributed by atoms with van der Waals surface area (Å²) in [6.07, 6.45) is 2.78. The minimum absolute atomic E-state index is 0.112. The van der Waals surface area contributed by atoms with E-state index in [4.69, 9.17) is 9.47 Å². The van der Waals surface area contributed by atoms with Crippen LogP contribution in [0.5, 0.6) is 5.75 Å². The molecule has 0 saturated carbocycles. The number of nitrogens with one attached hydrogen (secondary N) is 1. The zero-order chi connectivity index (χ0) is 21.9. The number of anilines is 1. The number of benzene rings is 1. The molecule has 0 aliphatic heterocycles. The molecule has 30 heavy (non-hydrogen) atoms. The molecule has 1 aliphatic rings. The monoisotopic (exact) mass is 429 g/mol. The molecular formula is C24H31NO4S. The zero-order valence-corrected chi connectivity index (χ0v) is 19.3. The van der Waals surface area contributed by atoms with Gasteiger partial charge in [-0.3, -0.25) is 4.79 Å². The molecule has 1 amide bonds. The van der Waals surface area contributed by atoms with Gasteiger partial charge in [0.15, 0.2) is 6.61 Å². The van der Waals surface area contributed by atoms with Crippen molar-refractivity contribution in [1.29, 1.82) is 0 Å². The van der Waals surface area contributed by atoms with Gasteiger partial charge in [-0.15, -0.1) is 11.3 Å². The number of hydrogen-bond acceptors (Lipinski definition) is 5. The molecule has 0 saturated heterocycles. The Kier molecular flexibility index (Phi) is 6.86. The fraction of sp³-hybridized carbons (Fsp3) is 0.500. The van der Waals surface area contributed by atoms with E-state index in [0.717, 1.165) is 30.4 Å². The topological polar surface area (TPSA) is 64.6 Å². The first-order chi connectivity index (χ1) is 14.2. The van der Waals surface area contributed by atoms with E-state index in [2.05, 4.69) is 26.1 Å². The normalized spacial score (nSPS) is 16.0. The van der Waals surface area contributed by atoms with Crippen LogP contribution in [-0.2, 0) is 22.4 Å². The van der Waals surface area contributed by atoms with Crippen LogP contribution in [0, 0.1) is 18.3 Å². The summed E-state index contributed by atoms with van der Waals surface area (Å²) in [7, 11) is 0. The fourth-order valence-electron chi connectivity index (χ4n) is 3.85. The van der Waals surface area contributed by atoms with E-state index in [1.165, 1.54) is 16.2 Å². The largest absolute Gasteiger partial charge is 0.484 e. The van der Waals surface area contributed by atoms with Gasteiger partial charge in [0.2, 0.25) is 0 Å². The molecule has 1 aromatic carbocycles. The average Bonchev–Trinajstić information content (AvgIpc) is 3.03. The number of hydrogen-bond donors (Lipinski definition) is 1. The maximum absolute atomic E-state index is 12.7. The number of esters is 1. The summed E-state index contributed by atoms with van der Waals surface area (Å²) in [4.78, 5) is 26.4. The van der Waals surface area contributed by atoms with Crippen molar-refractivity contribution in [2.24, 2.45) is 11.3 Å². The van der Waals surface area contributed by atoms with Crippen LogP contribution >= 0.6 is 11.3 Å². The molecule has 3 rings (SSSR count). The predicted molar refractivity (Wildman–Crippen MR) is 121 cm³/mol. The molecule has 0 radical (unpaired) electrons. The highest BCUT2D eigenvalue weighted by Gasteiger charge is 2.34. The number of ether oxygens (including phenoxy) is 2. The highest BCUT2D eigenvalue weighted by Crippen LogP contribution is 2.44. The van der Waals surface area contributed by atoms with E-state index in [1.54, 1.807) is 6.92 Å². The van der Waals surface area contributed by atoms with Gasteiger partial charge in [-0.05, 0) is 67.7 Å². The second-order valence-corrected chi connectivity index (χ2v) is 9.99. The molecule has 1 atom stereocenters. The quantitative estimate of drug-likeness (QED) is 0.624. The Morgan fingerprint density at radius 3 is 2.70 bits per heavy atom. The summed E-state index contributed by atoms with van der Waals surface area (Å²) >= 11 is 1.50. The van der Waals surface area contributed by atoms with Crippen LogP contribution < -0.4 is 10.1 Å². The van der Waals surface area contributed by atoms with E-state index in [1.807, 2.05) is 31.2 Å². The summed E-state index contributed by atoms with van der Waals surface area (Å²) in [5.74, 6) is 0.549. The van der Waals surface area contributed by atoms with Gasteiger partial charge in [0.05, 0.1) is 12.2 Å². The lowest BCUT2D eigenvalue weighted by molar-refractivity contribution is -0.118. The summed E-state index contributed by atoms with van der Waals surface area (Å²) in [5, 5.41) is 3.47. The van der Waals surface area contributed by atoms with Crippen LogP contribution in [0.1, 0.15) is 60.5 Å². The second-order valence-electron chi connectivity index (χ2n) is 8.89. The summed E-state index contributed by atoms with van der Waals surface area (Å²) in [6.45, 7) is 10.7. The number of thiophene rings is 1. The molecule has 1 aromatic heterocycles. The second kappa shape index (κ2) is 9.21. The third kappa shape index (κ3) is 5.22. The fourth-order valence-corrected chi connectivity index (χ4v) is 5.18. The molecule has 5 nitrogen and oxygen atoms in total. The molecule has 1 N–H and O–H groups in total. The summed E-state index contributed by atoms with van der Waals surface area (Å²) in [5.41, 5.74) is 2.83. The highest BCUT2D eigenvalue weighted by atomic mass is 32.1. The van der Waals surface area contributed by atoms with Crippen LogP contribution in [0.2, 0.25) is 0 Å². The number of amides is 1. The molecule has 1 aliphatic carbocycles. The van der Waals surface area contributed by atoms with Gasteiger partial charge < -0.3 is 14.8 Å². The molecule has 2 aromatic rings. The number of carbonyl (C=O) groups excluding carboxylic acids is 2. The van der Waals surface area contributed by atoms with E-state index in [0.29, 0.717) is 28.8 Å². The maximum atomic E-state index is 12.7. The van der Waals surface area contributed by atoms with E-state index >= 15 is 0 Å². The third-order valence-corrected chi connectivity index (χ3v) is 6.75. The number of rotatable bonds is 6. The van der Waals surface area contributed by atoms with Gasteiger partial charge in [0.25, 0.3) is 5.91 Å². The maximum Gasteiger partial charge on any atom is 0.341 e. The van der Waals surface area contributed by atoms with E-state index in [-0.39, 0.29) is 23.9 Å². The van der Waals surface area contributed by atoms with Crippen LogP contribution in [0.4, 0.5) is 5.00 Å².